The number of nitrogens with zero attached hydrogens (tertiary/aromatic N) is 4. The van der Waals surface area contributed by atoms with Gasteiger partial charge in [-0.25, -0.2) is 14.4 Å². The number of H-pyrrole nitrogens is 1. The zero-order valence-electron chi connectivity index (χ0n) is 21.5. The lowest BCUT2D eigenvalue weighted by Gasteiger charge is -2.49. The second-order valence-corrected chi connectivity index (χ2v) is 12.7. The fourth-order valence-corrected chi connectivity index (χ4v) is 7.53. The summed E-state index contributed by atoms with van der Waals surface area (Å²) in [7, 11) is 0. The summed E-state index contributed by atoms with van der Waals surface area (Å²) in [5.74, 6) is -6.05. The van der Waals surface area contributed by atoms with E-state index in [2.05, 4.69) is 24.2 Å². The molecule has 3 atom stereocenters. The van der Waals surface area contributed by atoms with Gasteiger partial charge in [0.15, 0.2) is 10.7 Å². The number of anilines is 1. The van der Waals surface area contributed by atoms with Gasteiger partial charge in [-0.3, -0.25) is 23.7 Å². The first-order chi connectivity index (χ1) is 19.8. The molecule has 4 rings (SSSR count). The molecule has 0 spiro atoms. The summed E-state index contributed by atoms with van der Waals surface area (Å²) in [6.45, 7) is 2.79. The lowest BCUT2D eigenvalue weighted by atomic mass is 10.0. The maximum Gasteiger partial charge on any atom is 0.352 e. The summed E-state index contributed by atoms with van der Waals surface area (Å²) in [6.07, 6.45) is -0.00647. The molecule has 17 nitrogen and oxygen atoms in total. The molecule has 0 bridgehead atoms. The Morgan fingerprint density at radius 2 is 1.98 bits per heavy atom. The molecule has 7 N–H and O–H groups in total. The highest BCUT2D eigenvalue weighted by Crippen LogP contribution is 2.42. The number of carbonyl (C=O) groups excluding carboxylic acids is 2. The van der Waals surface area contributed by atoms with Gasteiger partial charge in [0, 0.05) is 23.0 Å². The minimum Gasteiger partial charge on any atom is -0.478 e. The van der Waals surface area contributed by atoms with Crippen LogP contribution in [0.15, 0.2) is 25.4 Å². The van der Waals surface area contributed by atoms with Gasteiger partial charge in [-0.1, -0.05) is 23.6 Å². The van der Waals surface area contributed by atoms with Gasteiger partial charge in [-0.2, -0.15) is 9.36 Å². The van der Waals surface area contributed by atoms with Crippen molar-refractivity contribution in [2.45, 2.75) is 41.5 Å². The predicted molar refractivity (Wildman–Crippen MR) is 151 cm³/mol. The number of aromatic carboxylic acids is 1. The minimum atomic E-state index is -1.79. The van der Waals surface area contributed by atoms with Crippen LogP contribution in [0.4, 0.5) is 5.13 Å². The molecule has 1 saturated heterocycles. The summed E-state index contributed by atoms with van der Waals surface area (Å²) < 4.78 is 6.39. The van der Waals surface area contributed by atoms with Gasteiger partial charge in [0.1, 0.15) is 17.1 Å². The minimum absolute atomic E-state index is 0.00647. The molecule has 2 amide bonds. The van der Waals surface area contributed by atoms with E-state index in [0.717, 1.165) is 51.5 Å². The summed E-state index contributed by atoms with van der Waals surface area (Å²) >= 11 is 3.66. The standard InChI is InChI=1S/C21H21N7O10S4/c1-3-21(2,19(36)37)38-25-8(11-24-20(22)42-26-11)13(30)23-9-14(31)28-10(17(34)35)6(4-39-15(9)28)5-40-18-7(16(32)33)12(29)27-41-18/h9,15H,3-5H2,1-2H3,(H,23,30)(H,27,29)(H,32,33)(H,34,35)(H,36,37)(H2,22,24,26)/t9?,15-,21?/m0/s1. The SMILES string of the molecule is CCC(C)(ON=C(C(=O)NC1C(=O)N2C(C(=O)O)=C(CSc3s[nH]c(=O)c3C(=O)O)CS[C@@H]12)c1nsc(N)n1)C(=O)O. The second-order valence-electron chi connectivity index (χ2n) is 8.78. The molecule has 21 heteroatoms. The average molecular weight is 660 g/mol. The fourth-order valence-electron chi connectivity index (χ4n) is 3.65. The Kier molecular flexibility index (Phi) is 8.94. The summed E-state index contributed by atoms with van der Waals surface area (Å²) in [5, 5.41) is 34.0. The number of β-lactam (4-membered cyclic amide) rings is 1. The van der Waals surface area contributed by atoms with Crippen LogP contribution in [0, 0.1) is 0 Å². The van der Waals surface area contributed by atoms with Gasteiger partial charge < -0.3 is 31.2 Å². The largest absolute Gasteiger partial charge is 0.478 e. The molecular weight excluding hydrogens is 639 g/mol. The molecule has 0 saturated carbocycles. The van der Waals surface area contributed by atoms with Crippen molar-refractivity contribution >= 4 is 87.2 Å². The number of carboxylic acid groups (broad SMARTS) is 3. The Hall–Kier alpha value is -3.95. The number of rotatable bonds is 12. The molecule has 2 aromatic heterocycles. The van der Waals surface area contributed by atoms with E-state index in [0.29, 0.717) is 5.57 Å². The summed E-state index contributed by atoms with van der Waals surface area (Å²) in [6, 6.07) is -1.18. The number of aliphatic carboxylic acids is 2. The van der Waals surface area contributed by atoms with Crippen LogP contribution < -0.4 is 16.6 Å². The number of fused-ring (bicyclic) bond motifs is 1. The van der Waals surface area contributed by atoms with Crippen LogP contribution in [0.1, 0.15) is 36.5 Å². The molecular formula is C21H21N7O10S4. The van der Waals surface area contributed by atoms with Gasteiger partial charge in [-0.15, -0.1) is 23.5 Å². The highest BCUT2D eigenvalue weighted by molar-refractivity contribution is 8.02. The molecule has 2 unspecified atom stereocenters. The third-order valence-electron chi connectivity index (χ3n) is 6.13. The lowest BCUT2D eigenvalue weighted by molar-refractivity contribution is -0.164. The number of amides is 2. The number of hydrogen-bond acceptors (Lipinski definition) is 15. The van der Waals surface area contributed by atoms with Crippen molar-refractivity contribution in [3.05, 3.63) is 33.0 Å². The third-order valence-corrected chi connectivity index (χ3v) is 10.3. The van der Waals surface area contributed by atoms with E-state index in [9.17, 15) is 44.1 Å². The fraction of sp³-hybridized carbons (Fsp3) is 0.381. The quantitative estimate of drug-likeness (QED) is 0.0762. The number of nitrogens with two attached hydrogens (primary N) is 1. The van der Waals surface area contributed by atoms with E-state index in [1.807, 2.05) is 0 Å². The molecule has 1 fully saturated rings. The normalized spacial score (nSPS) is 19.9. The average Bonchev–Trinajstić information content (AvgIpc) is 3.54. The molecule has 2 aliphatic rings. The van der Waals surface area contributed by atoms with Crippen molar-refractivity contribution in [3.8, 4) is 0 Å². The Labute approximate surface area is 251 Å². The van der Waals surface area contributed by atoms with Crippen LogP contribution in [-0.4, -0.2) is 97.9 Å². The van der Waals surface area contributed by atoms with Crippen molar-refractivity contribution in [3.63, 3.8) is 0 Å². The number of oxime groups is 1. The van der Waals surface area contributed by atoms with E-state index in [1.54, 1.807) is 0 Å². The van der Waals surface area contributed by atoms with Gasteiger partial charge >= 0.3 is 17.9 Å². The number of aromatic nitrogens is 3. The smallest absolute Gasteiger partial charge is 0.352 e. The van der Waals surface area contributed by atoms with E-state index >= 15 is 0 Å². The first-order valence-electron chi connectivity index (χ1n) is 11.7. The Balaban J connectivity index is 1.54. The Bertz CT molecular complexity index is 1600. The molecule has 2 aromatic rings. The number of aromatic amines is 1. The number of thioether (sulfide) groups is 2. The van der Waals surface area contributed by atoms with Crippen molar-refractivity contribution in [1.82, 2.24) is 23.9 Å². The zero-order chi connectivity index (χ0) is 30.9. The zero-order valence-corrected chi connectivity index (χ0v) is 24.7. The number of nitrogen functional groups attached to an aromatic ring is 1. The molecule has 42 heavy (non-hydrogen) atoms. The third kappa shape index (κ3) is 5.84. The van der Waals surface area contributed by atoms with E-state index in [4.69, 9.17) is 10.6 Å². The van der Waals surface area contributed by atoms with Crippen LogP contribution in [0.25, 0.3) is 0 Å². The van der Waals surface area contributed by atoms with Crippen LogP contribution in [0.2, 0.25) is 0 Å². The molecule has 2 aliphatic heterocycles. The maximum absolute atomic E-state index is 13.2. The van der Waals surface area contributed by atoms with Crippen LogP contribution in [0.5, 0.6) is 0 Å². The molecule has 0 aromatic carbocycles. The van der Waals surface area contributed by atoms with Crippen molar-refractivity contribution in [1.29, 1.82) is 0 Å². The molecule has 0 radical (unpaired) electrons. The van der Waals surface area contributed by atoms with Crippen molar-refractivity contribution in [2.24, 2.45) is 5.16 Å². The molecule has 0 aliphatic carbocycles. The number of carboxylic acids is 3. The summed E-state index contributed by atoms with van der Waals surface area (Å²) in [5.41, 5.74) is 2.06. The number of carbonyl (C=O) groups is 5. The first kappa shape index (κ1) is 31.0. The van der Waals surface area contributed by atoms with Crippen molar-refractivity contribution in [2.75, 3.05) is 17.2 Å². The van der Waals surface area contributed by atoms with E-state index in [-0.39, 0.29) is 38.8 Å². The van der Waals surface area contributed by atoms with Gasteiger partial charge in [0.05, 0.1) is 4.21 Å². The summed E-state index contributed by atoms with van der Waals surface area (Å²) in [4.78, 5) is 83.3. The Morgan fingerprint density at radius 1 is 1.26 bits per heavy atom. The van der Waals surface area contributed by atoms with Gasteiger partial charge in [0.25, 0.3) is 17.4 Å². The molecule has 224 valence electrons. The molecule has 4 heterocycles. The van der Waals surface area contributed by atoms with Crippen molar-refractivity contribution < 1.29 is 44.1 Å². The Morgan fingerprint density at radius 3 is 2.55 bits per heavy atom. The highest BCUT2D eigenvalue weighted by atomic mass is 32.2. The van der Waals surface area contributed by atoms with Crippen LogP contribution in [0.3, 0.4) is 0 Å². The second kappa shape index (κ2) is 12.1. The maximum atomic E-state index is 13.2. The monoisotopic (exact) mass is 659 g/mol. The van der Waals surface area contributed by atoms with Gasteiger partial charge in [-0.05, 0) is 18.9 Å². The van der Waals surface area contributed by atoms with E-state index < -0.39 is 63.6 Å². The number of nitrogens with one attached hydrogen (secondary N) is 2. The van der Waals surface area contributed by atoms with E-state index in [1.165, 1.54) is 13.8 Å². The first-order valence-corrected chi connectivity index (χ1v) is 15.3. The predicted octanol–water partition coefficient (Wildman–Crippen LogP) is 0.0732. The van der Waals surface area contributed by atoms with Crippen LogP contribution in [-0.2, 0) is 24.0 Å². The topological polar surface area (TPSA) is 268 Å². The lowest BCUT2D eigenvalue weighted by Crippen LogP contribution is -2.71. The van der Waals surface area contributed by atoms with Gasteiger partial charge in [0.2, 0.25) is 17.1 Å². The highest BCUT2D eigenvalue weighted by Gasteiger charge is 2.54. The van der Waals surface area contributed by atoms with Crippen LogP contribution >= 0.6 is 46.6 Å². The number of hydrogen-bond donors (Lipinski definition) is 6.